The molecule has 1 aliphatic heterocycles. The summed E-state index contributed by atoms with van der Waals surface area (Å²) in [7, 11) is 1.30. The van der Waals surface area contributed by atoms with Crippen LogP contribution in [-0.2, 0) is 23.9 Å². The maximum absolute atomic E-state index is 13.8. The van der Waals surface area contributed by atoms with Crippen LogP contribution in [-0.4, -0.2) is 44.0 Å². The van der Waals surface area contributed by atoms with Crippen LogP contribution in [0.3, 0.4) is 0 Å². The molecule has 0 unspecified atom stereocenters. The fraction of sp³-hybridized carbons (Fsp3) is 0.536. The summed E-state index contributed by atoms with van der Waals surface area (Å²) in [4.78, 5) is 42.0. The number of Topliss-reactive ketones (excluding diaryl/α,β-unsaturated/α-hetero) is 1. The molecule has 0 fully saturated rings. The third kappa shape index (κ3) is 5.14. The van der Waals surface area contributed by atoms with Crippen molar-refractivity contribution in [1.29, 1.82) is 0 Å². The van der Waals surface area contributed by atoms with Crippen molar-refractivity contribution in [2.45, 2.75) is 66.4 Å². The van der Waals surface area contributed by atoms with Crippen LogP contribution < -0.4 is 10.2 Å². The Morgan fingerprint density at radius 2 is 1.77 bits per heavy atom. The molecule has 3 rings (SSSR count). The average Bonchev–Trinajstić information content (AvgIpc) is 2.83. The Morgan fingerprint density at radius 3 is 2.31 bits per heavy atom. The van der Waals surface area contributed by atoms with E-state index >= 15 is 0 Å². The van der Waals surface area contributed by atoms with Gasteiger partial charge in [0, 0.05) is 41.7 Å². The highest BCUT2D eigenvalue weighted by atomic mass is 16.5. The molecule has 0 aromatic heterocycles. The number of ether oxygens (including phenoxy) is 2. The highest BCUT2D eigenvalue weighted by molar-refractivity contribution is 6.12. The lowest BCUT2D eigenvalue weighted by atomic mass is 9.69. The second-order valence-corrected chi connectivity index (χ2v) is 9.42. The van der Waals surface area contributed by atoms with Gasteiger partial charge >= 0.3 is 11.9 Å². The second kappa shape index (κ2) is 11.1. The molecular formula is C28H38N2O5. The molecule has 0 bridgehead atoms. The number of nitrogens with one attached hydrogen (secondary N) is 1. The molecule has 0 spiro atoms. The van der Waals surface area contributed by atoms with Crippen LogP contribution in [0, 0.1) is 11.8 Å². The fourth-order valence-electron chi connectivity index (χ4n) is 5.08. The zero-order chi connectivity index (χ0) is 25.9. The summed E-state index contributed by atoms with van der Waals surface area (Å²) < 4.78 is 10.7. The van der Waals surface area contributed by atoms with Gasteiger partial charge in [0.25, 0.3) is 0 Å². The van der Waals surface area contributed by atoms with Crippen molar-refractivity contribution >= 4 is 23.4 Å². The van der Waals surface area contributed by atoms with E-state index in [2.05, 4.69) is 24.1 Å². The number of benzene rings is 1. The summed E-state index contributed by atoms with van der Waals surface area (Å²) in [5.74, 6) is -3.02. The lowest BCUT2D eigenvalue weighted by Crippen LogP contribution is -2.43. The minimum atomic E-state index is -0.900. The van der Waals surface area contributed by atoms with Gasteiger partial charge in [-0.2, -0.15) is 0 Å². The first-order valence-electron chi connectivity index (χ1n) is 12.6. The number of carbonyl (C=O) groups is 3. The third-order valence-electron chi connectivity index (χ3n) is 7.20. The van der Waals surface area contributed by atoms with Gasteiger partial charge in [-0.05, 0) is 64.2 Å². The SMILES string of the molecule is CC[C@@H](C)OC(=O)C1=C(C)NC2=C(C(=O)[C@H](C(=O)OC)[C@@H](C)C2)[C@@H]1c1ccc(N(CC)CC)cc1. The van der Waals surface area contributed by atoms with Gasteiger partial charge in [0.15, 0.2) is 5.78 Å². The van der Waals surface area contributed by atoms with Crippen molar-refractivity contribution in [3.05, 3.63) is 52.4 Å². The fourth-order valence-corrected chi connectivity index (χ4v) is 5.08. The molecule has 7 nitrogen and oxygen atoms in total. The number of dihydropyridines is 1. The van der Waals surface area contributed by atoms with Crippen LogP contribution in [0.5, 0.6) is 0 Å². The van der Waals surface area contributed by atoms with Gasteiger partial charge in [-0.1, -0.05) is 26.0 Å². The smallest absolute Gasteiger partial charge is 0.337 e. The Morgan fingerprint density at radius 1 is 1.14 bits per heavy atom. The normalized spacial score (nSPS) is 22.8. The molecule has 0 saturated carbocycles. The highest BCUT2D eigenvalue weighted by Crippen LogP contribution is 2.45. The third-order valence-corrected chi connectivity index (χ3v) is 7.20. The number of esters is 2. The average molecular weight is 483 g/mol. The van der Waals surface area contributed by atoms with Crippen molar-refractivity contribution in [3.63, 3.8) is 0 Å². The number of nitrogens with zero attached hydrogens (tertiary/aromatic N) is 1. The zero-order valence-corrected chi connectivity index (χ0v) is 21.9. The van der Waals surface area contributed by atoms with E-state index in [0.29, 0.717) is 29.7 Å². The number of rotatable bonds is 8. The monoisotopic (exact) mass is 482 g/mol. The second-order valence-electron chi connectivity index (χ2n) is 9.42. The molecule has 35 heavy (non-hydrogen) atoms. The Hall–Kier alpha value is -3.09. The summed E-state index contributed by atoms with van der Waals surface area (Å²) >= 11 is 0. The number of hydrogen-bond acceptors (Lipinski definition) is 7. The van der Waals surface area contributed by atoms with Crippen LogP contribution in [0.15, 0.2) is 46.8 Å². The standard InChI is InChI=1S/C28H38N2O5/c1-8-17(5)35-28(33)23-18(6)29-21-15-16(4)22(27(32)34-7)26(31)25(21)24(23)19-11-13-20(14-12-19)30(9-2)10-3/h11-14,16-17,22,24,29H,8-10,15H2,1-7H3/t16-,17+,22+,24+/m0/s1. The van der Waals surface area contributed by atoms with Crippen molar-refractivity contribution in [2.24, 2.45) is 11.8 Å². The van der Waals surface area contributed by atoms with Crippen LogP contribution >= 0.6 is 0 Å². The van der Waals surface area contributed by atoms with Gasteiger partial charge in [-0.25, -0.2) is 4.79 Å². The molecule has 1 aliphatic carbocycles. The molecule has 190 valence electrons. The van der Waals surface area contributed by atoms with E-state index < -0.39 is 23.8 Å². The van der Waals surface area contributed by atoms with Crippen LogP contribution in [0.4, 0.5) is 5.69 Å². The number of ketones is 1. The number of carbonyl (C=O) groups excluding carboxylic acids is 3. The molecule has 1 N–H and O–H groups in total. The minimum absolute atomic E-state index is 0.215. The maximum Gasteiger partial charge on any atom is 0.337 e. The van der Waals surface area contributed by atoms with E-state index in [1.807, 2.05) is 52.0 Å². The van der Waals surface area contributed by atoms with Gasteiger partial charge in [-0.3, -0.25) is 9.59 Å². The Balaban J connectivity index is 2.15. The number of anilines is 1. The number of allylic oxidation sites excluding steroid dienone is 3. The van der Waals surface area contributed by atoms with E-state index in [1.54, 1.807) is 0 Å². The molecule has 0 amide bonds. The molecule has 4 atom stereocenters. The first kappa shape index (κ1) is 26.5. The Kier molecular flexibility index (Phi) is 8.41. The zero-order valence-electron chi connectivity index (χ0n) is 21.9. The quantitative estimate of drug-likeness (QED) is 0.432. The Labute approximate surface area is 208 Å². The first-order valence-corrected chi connectivity index (χ1v) is 12.6. The summed E-state index contributed by atoms with van der Waals surface area (Å²) in [5.41, 5.74) is 4.19. The number of methoxy groups -OCH3 is 1. The molecular weight excluding hydrogens is 444 g/mol. The molecule has 1 aromatic carbocycles. The Bertz CT molecular complexity index is 1040. The summed E-state index contributed by atoms with van der Waals surface area (Å²) in [6, 6.07) is 7.98. The topological polar surface area (TPSA) is 84.9 Å². The van der Waals surface area contributed by atoms with Gasteiger partial charge in [-0.15, -0.1) is 0 Å². The molecule has 2 aliphatic rings. The van der Waals surface area contributed by atoms with Crippen molar-refractivity contribution in [2.75, 3.05) is 25.1 Å². The predicted molar refractivity (Wildman–Crippen MR) is 136 cm³/mol. The number of hydrogen-bond donors (Lipinski definition) is 1. The van der Waals surface area contributed by atoms with E-state index in [1.165, 1.54) is 7.11 Å². The minimum Gasteiger partial charge on any atom is -0.468 e. The van der Waals surface area contributed by atoms with Gasteiger partial charge in [0.05, 0.1) is 18.8 Å². The van der Waals surface area contributed by atoms with Crippen molar-refractivity contribution < 1.29 is 23.9 Å². The molecule has 0 saturated heterocycles. The molecule has 0 radical (unpaired) electrons. The van der Waals surface area contributed by atoms with E-state index in [-0.39, 0.29) is 17.8 Å². The van der Waals surface area contributed by atoms with E-state index in [9.17, 15) is 14.4 Å². The molecule has 1 aromatic rings. The maximum atomic E-state index is 13.8. The van der Waals surface area contributed by atoms with E-state index in [0.717, 1.165) is 30.0 Å². The summed E-state index contributed by atoms with van der Waals surface area (Å²) in [6.45, 7) is 13.5. The van der Waals surface area contributed by atoms with Crippen molar-refractivity contribution in [3.8, 4) is 0 Å². The highest BCUT2D eigenvalue weighted by Gasteiger charge is 2.47. The van der Waals surface area contributed by atoms with E-state index in [4.69, 9.17) is 9.47 Å². The largest absolute Gasteiger partial charge is 0.468 e. The lowest BCUT2D eigenvalue weighted by Gasteiger charge is -2.38. The van der Waals surface area contributed by atoms with Crippen LogP contribution in [0.1, 0.15) is 65.9 Å². The first-order chi connectivity index (χ1) is 16.7. The molecule has 7 heteroatoms. The van der Waals surface area contributed by atoms with Gasteiger partial charge in [0.1, 0.15) is 5.92 Å². The van der Waals surface area contributed by atoms with Gasteiger partial charge in [0.2, 0.25) is 0 Å². The summed E-state index contributed by atoms with van der Waals surface area (Å²) in [5, 5.41) is 3.30. The summed E-state index contributed by atoms with van der Waals surface area (Å²) in [6.07, 6.45) is 0.942. The van der Waals surface area contributed by atoms with Gasteiger partial charge < -0.3 is 19.7 Å². The van der Waals surface area contributed by atoms with Crippen molar-refractivity contribution in [1.82, 2.24) is 5.32 Å². The molecule has 1 heterocycles. The van der Waals surface area contributed by atoms with Crippen LogP contribution in [0.25, 0.3) is 0 Å². The van der Waals surface area contributed by atoms with Crippen LogP contribution in [0.2, 0.25) is 0 Å². The predicted octanol–water partition coefficient (Wildman–Crippen LogP) is 4.49. The lowest BCUT2D eigenvalue weighted by molar-refractivity contribution is -0.151.